The van der Waals surface area contributed by atoms with E-state index in [1.807, 2.05) is 30.3 Å². The molecule has 0 spiro atoms. The molecule has 3 nitrogen and oxygen atoms in total. The molecule has 0 saturated heterocycles. The fourth-order valence-electron chi connectivity index (χ4n) is 1.76. The number of hydrogen-bond acceptors (Lipinski definition) is 2. The van der Waals surface area contributed by atoms with Crippen LogP contribution in [-0.2, 0) is 11.2 Å². The first kappa shape index (κ1) is 15.9. The summed E-state index contributed by atoms with van der Waals surface area (Å²) in [5, 5.41) is 3.24. The number of amides is 1. The Kier molecular flexibility index (Phi) is 5.65. The predicted octanol–water partition coefficient (Wildman–Crippen LogP) is 4.68. The average Bonchev–Trinajstić information content (AvgIpc) is 2.47. The summed E-state index contributed by atoms with van der Waals surface area (Å²) < 4.78 is 6.27. The summed E-state index contributed by atoms with van der Waals surface area (Å²) in [6, 6.07) is 13.0. The molecule has 0 fully saturated rings. The summed E-state index contributed by atoms with van der Waals surface area (Å²) in [7, 11) is 0. The summed E-state index contributed by atoms with van der Waals surface area (Å²) in [6.45, 7) is 2.00. The molecule has 5 heteroatoms. The van der Waals surface area contributed by atoms with Gasteiger partial charge in [0.15, 0.2) is 6.61 Å². The number of ether oxygens (including phenoxy) is 1. The minimum atomic E-state index is -0.224. The summed E-state index contributed by atoms with van der Waals surface area (Å²) in [6.07, 6.45) is 0.972. The molecule has 0 saturated carbocycles. The highest BCUT2D eigenvalue weighted by Gasteiger charge is 2.07. The standard InChI is InChI=1S/C16H15BrClNO2/c1-2-11-3-6-13(7-4-11)19-16(20)10-21-15-8-5-12(17)9-14(15)18/h3-9H,2,10H2,1H3,(H,19,20). The molecule has 21 heavy (non-hydrogen) atoms. The van der Waals surface area contributed by atoms with Gasteiger partial charge in [-0.15, -0.1) is 0 Å². The van der Waals surface area contributed by atoms with Crippen LogP contribution in [0.2, 0.25) is 5.02 Å². The molecule has 1 N–H and O–H groups in total. The molecule has 2 rings (SSSR count). The van der Waals surface area contributed by atoms with Crippen LogP contribution in [0.3, 0.4) is 0 Å². The Labute approximate surface area is 137 Å². The summed E-state index contributed by atoms with van der Waals surface area (Å²) in [5.41, 5.74) is 1.98. The number of anilines is 1. The molecule has 0 aliphatic heterocycles. The van der Waals surface area contributed by atoms with Crippen molar-refractivity contribution in [3.05, 3.63) is 57.5 Å². The van der Waals surface area contributed by atoms with E-state index in [0.717, 1.165) is 16.6 Å². The van der Waals surface area contributed by atoms with Gasteiger partial charge in [-0.25, -0.2) is 0 Å². The Hall–Kier alpha value is -1.52. The van der Waals surface area contributed by atoms with Gasteiger partial charge in [0, 0.05) is 10.2 Å². The van der Waals surface area contributed by atoms with Gasteiger partial charge in [0.1, 0.15) is 5.75 Å². The van der Waals surface area contributed by atoms with Gasteiger partial charge in [0.2, 0.25) is 0 Å². The number of rotatable bonds is 5. The fourth-order valence-corrected chi connectivity index (χ4v) is 2.48. The predicted molar refractivity (Wildman–Crippen MR) is 89.1 cm³/mol. The van der Waals surface area contributed by atoms with Crippen LogP contribution in [0.15, 0.2) is 46.9 Å². The average molecular weight is 369 g/mol. The molecular formula is C16H15BrClNO2. The lowest BCUT2D eigenvalue weighted by Gasteiger charge is -2.09. The summed E-state index contributed by atoms with van der Waals surface area (Å²) in [4.78, 5) is 11.8. The van der Waals surface area contributed by atoms with E-state index in [9.17, 15) is 4.79 Å². The van der Waals surface area contributed by atoms with Crippen LogP contribution in [0.25, 0.3) is 0 Å². The molecule has 0 aliphatic carbocycles. The van der Waals surface area contributed by atoms with E-state index >= 15 is 0 Å². The minimum Gasteiger partial charge on any atom is -0.482 e. The van der Waals surface area contributed by atoms with Gasteiger partial charge in [-0.05, 0) is 42.3 Å². The van der Waals surface area contributed by atoms with Crippen LogP contribution in [0.5, 0.6) is 5.75 Å². The zero-order valence-electron chi connectivity index (χ0n) is 11.5. The SMILES string of the molecule is CCc1ccc(NC(=O)COc2ccc(Br)cc2Cl)cc1. The second-order valence-corrected chi connectivity index (χ2v) is 5.78. The summed E-state index contributed by atoms with van der Waals surface area (Å²) >= 11 is 9.33. The second-order valence-electron chi connectivity index (χ2n) is 4.46. The van der Waals surface area contributed by atoms with E-state index < -0.39 is 0 Å². The monoisotopic (exact) mass is 367 g/mol. The van der Waals surface area contributed by atoms with Crippen molar-refractivity contribution in [2.75, 3.05) is 11.9 Å². The van der Waals surface area contributed by atoms with Crippen molar-refractivity contribution in [3.8, 4) is 5.75 Å². The largest absolute Gasteiger partial charge is 0.482 e. The smallest absolute Gasteiger partial charge is 0.262 e. The minimum absolute atomic E-state index is 0.0864. The molecule has 2 aromatic carbocycles. The zero-order chi connectivity index (χ0) is 15.2. The van der Waals surface area contributed by atoms with Crippen molar-refractivity contribution in [2.24, 2.45) is 0 Å². The molecule has 0 aromatic heterocycles. The molecule has 0 bridgehead atoms. The van der Waals surface area contributed by atoms with Crippen LogP contribution in [0.1, 0.15) is 12.5 Å². The maximum atomic E-state index is 11.8. The van der Waals surface area contributed by atoms with Crippen molar-refractivity contribution >= 4 is 39.1 Å². The van der Waals surface area contributed by atoms with Crippen molar-refractivity contribution in [2.45, 2.75) is 13.3 Å². The van der Waals surface area contributed by atoms with Crippen LogP contribution >= 0.6 is 27.5 Å². The third kappa shape index (κ3) is 4.76. The molecule has 110 valence electrons. The van der Waals surface area contributed by atoms with Gasteiger partial charge >= 0.3 is 0 Å². The number of carbonyl (C=O) groups is 1. The Morgan fingerprint density at radius 1 is 1.24 bits per heavy atom. The molecule has 0 aliphatic rings. The lowest BCUT2D eigenvalue weighted by atomic mass is 10.1. The summed E-state index contributed by atoms with van der Waals surface area (Å²) in [5.74, 6) is 0.259. The van der Waals surface area contributed by atoms with Crippen molar-refractivity contribution in [3.63, 3.8) is 0 Å². The Bertz CT molecular complexity index is 629. The van der Waals surface area contributed by atoms with Crippen molar-refractivity contribution in [1.29, 1.82) is 0 Å². The third-order valence-electron chi connectivity index (χ3n) is 2.90. The zero-order valence-corrected chi connectivity index (χ0v) is 13.9. The molecule has 0 unspecified atom stereocenters. The first-order chi connectivity index (χ1) is 10.1. The van der Waals surface area contributed by atoms with Crippen LogP contribution < -0.4 is 10.1 Å². The van der Waals surface area contributed by atoms with Gasteiger partial charge in [-0.1, -0.05) is 46.6 Å². The molecule has 1 amide bonds. The first-order valence-corrected chi connectivity index (χ1v) is 7.72. The van der Waals surface area contributed by atoms with Gasteiger partial charge in [-0.2, -0.15) is 0 Å². The van der Waals surface area contributed by atoms with E-state index in [4.69, 9.17) is 16.3 Å². The Balaban J connectivity index is 1.89. The highest BCUT2D eigenvalue weighted by Crippen LogP contribution is 2.27. The van der Waals surface area contributed by atoms with Crippen LogP contribution in [-0.4, -0.2) is 12.5 Å². The number of carbonyl (C=O) groups excluding carboxylic acids is 1. The Morgan fingerprint density at radius 3 is 2.57 bits per heavy atom. The number of nitrogens with one attached hydrogen (secondary N) is 1. The molecule has 0 radical (unpaired) electrons. The van der Waals surface area contributed by atoms with Crippen LogP contribution in [0.4, 0.5) is 5.69 Å². The van der Waals surface area contributed by atoms with E-state index in [0.29, 0.717) is 10.8 Å². The van der Waals surface area contributed by atoms with Crippen molar-refractivity contribution in [1.82, 2.24) is 0 Å². The third-order valence-corrected chi connectivity index (χ3v) is 3.69. The molecule has 0 atom stereocenters. The molecule has 2 aromatic rings. The van der Waals surface area contributed by atoms with Crippen molar-refractivity contribution < 1.29 is 9.53 Å². The fraction of sp³-hybridized carbons (Fsp3) is 0.188. The quantitative estimate of drug-likeness (QED) is 0.832. The van der Waals surface area contributed by atoms with E-state index in [1.54, 1.807) is 12.1 Å². The topological polar surface area (TPSA) is 38.3 Å². The lowest BCUT2D eigenvalue weighted by molar-refractivity contribution is -0.118. The van der Waals surface area contributed by atoms with Gasteiger partial charge in [0.25, 0.3) is 5.91 Å². The number of benzene rings is 2. The van der Waals surface area contributed by atoms with E-state index in [-0.39, 0.29) is 12.5 Å². The van der Waals surface area contributed by atoms with E-state index in [1.165, 1.54) is 5.56 Å². The Morgan fingerprint density at radius 2 is 1.95 bits per heavy atom. The highest BCUT2D eigenvalue weighted by molar-refractivity contribution is 9.10. The van der Waals surface area contributed by atoms with Gasteiger partial charge < -0.3 is 10.1 Å². The number of aryl methyl sites for hydroxylation is 1. The normalized spacial score (nSPS) is 10.2. The number of halogens is 2. The molecule has 0 heterocycles. The molecular weight excluding hydrogens is 354 g/mol. The first-order valence-electron chi connectivity index (χ1n) is 6.55. The van der Waals surface area contributed by atoms with Crippen LogP contribution in [0, 0.1) is 0 Å². The van der Waals surface area contributed by atoms with Gasteiger partial charge in [0.05, 0.1) is 5.02 Å². The lowest BCUT2D eigenvalue weighted by Crippen LogP contribution is -2.20. The number of hydrogen-bond donors (Lipinski definition) is 1. The highest BCUT2D eigenvalue weighted by atomic mass is 79.9. The maximum absolute atomic E-state index is 11.8. The van der Waals surface area contributed by atoms with Gasteiger partial charge in [-0.3, -0.25) is 4.79 Å². The second kappa shape index (κ2) is 7.48. The van der Waals surface area contributed by atoms with E-state index in [2.05, 4.69) is 28.2 Å². The maximum Gasteiger partial charge on any atom is 0.262 e.